The van der Waals surface area contributed by atoms with Gasteiger partial charge in [0.05, 0.1) is 29.2 Å². The largest absolute Gasteiger partial charge is 0.394 e. The minimum absolute atomic E-state index is 0.123. The first-order valence-electron chi connectivity index (χ1n) is 16.0. The zero-order chi connectivity index (χ0) is 32.2. The third-order valence-corrected chi connectivity index (χ3v) is 11.9. The van der Waals surface area contributed by atoms with Crippen molar-refractivity contribution in [3.8, 4) is 0 Å². The van der Waals surface area contributed by atoms with Gasteiger partial charge in [-0.25, -0.2) is 0 Å². The van der Waals surface area contributed by atoms with Crippen molar-refractivity contribution in [3.05, 3.63) is 120 Å². The highest BCUT2D eigenvalue weighted by Crippen LogP contribution is 2.66. The summed E-state index contributed by atoms with van der Waals surface area (Å²) in [6.07, 6.45) is 8.52. The van der Waals surface area contributed by atoms with Gasteiger partial charge in [0.25, 0.3) is 5.91 Å². The van der Waals surface area contributed by atoms with E-state index in [1.54, 1.807) is 26.5 Å². The molecule has 2 fully saturated rings. The van der Waals surface area contributed by atoms with Crippen LogP contribution in [0.15, 0.2) is 103 Å². The molecule has 4 heterocycles. The van der Waals surface area contributed by atoms with E-state index in [0.717, 1.165) is 28.1 Å². The van der Waals surface area contributed by atoms with Crippen molar-refractivity contribution >= 4 is 40.9 Å². The van der Waals surface area contributed by atoms with Gasteiger partial charge in [0, 0.05) is 29.2 Å². The minimum Gasteiger partial charge on any atom is -0.394 e. The van der Waals surface area contributed by atoms with Gasteiger partial charge < -0.3 is 19.8 Å². The van der Waals surface area contributed by atoms with E-state index in [-0.39, 0.29) is 24.3 Å². The Morgan fingerprint density at radius 2 is 1.50 bits per heavy atom. The maximum Gasteiger partial charge on any atom is 0.251 e. The van der Waals surface area contributed by atoms with Gasteiger partial charge in [-0.1, -0.05) is 85.0 Å². The molecule has 4 aliphatic heterocycles. The van der Waals surface area contributed by atoms with Crippen LogP contribution < -0.4 is 9.80 Å². The van der Waals surface area contributed by atoms with Crippen LogP contribution in [0.4, 0.5) is 11.4 Å². The van der Waals surface area contributed by atoms with Crippen molar-refractivity contribution in [3.63, 3.8) is 0 Å². The summed E-state index contributed by atoms with van der Waals surface area (Å²) in [6, 6.07) is 23.8. The fraction of sp³-hybridized carbons (Fsp3) is 0.342. The Labute approximate surface area is 274 Å². The molecule has 0 bridgehead atoms. The zero-order valence-electron chi connectivity index (χ0n) is 26.4. The Bertz CT molecular complexity index is 1740. The first-order chi connectivity index (χ1) is 22.2. The second-order valence-corrected chi connectivity index (χ2v) is 14.9. The molecule has 7 rings (SSSR count). The highest BCUT2D eigenvalue weighted by Gasteiger charge is 2.74. The van der Waals surface area contributed by atoms with Gasteiger partial charge in [-0.15, -0.1) is 11.8 Å². The molecule has 4 aliphatic rings. The van der Waals surface area contributed by atoms with E-state index < -0.39 is 33.4 Å². The van der Waals surface area contributed by atoms with E-state index in [0.29, 0.717) is 19.5 Å². The molecule has 0 aliphatic carbocycles. The number of rotatable bonds is 6. The predicted molar refractivity (Wildman–Crippen MR) is 183 cm³/mol. The maximum absolute atomic E-state index is 15.1. The van der Waals surface area contributed by atoms with E-state index >= 15 is 9.59 Å². The number of fused-ring (bicyclic) bond motifs is 2. The van der Waals surface area contributed by atoms with Gasteiger partial charge in [0.1, 0.15) is 6.04 Å². The quantitative estimate of drug-likeness (QED) is 0.382. The summed E-state index contributed by atoms with van der Waals surface area (Å²) in [5, 5.41) is 10.9. The van der Waals surface area contributed by atoms with Crippen LogP contribution in [-0.2, 0) is 20.8 Å². The fourth-order valence-electron chi connectivity index (χ4n) is 8.06. The summed E-state index contributed by atoms with van der Waals surface area (Å²) in [7, 11) is 0. The minimum atomic E-state index is -1.01. The topological polar surface area (TPSA) is 81.2 Å². The monoisotopic (exact) mass is 633 g/mol. The summed E-state index contributed by atoms with van der Waals surface area (Å²) in [6.45, 7) is 6.47. The number of hydrogen-bond acceptors (Lipinski definition) is 5. The number of likely N-dealkylation sites (tertiary alicyclic amines) is 1. The van der Waals surface area contributed by atoms with Crippen molar-refractivity contribution in [1.82, 2.24) is 4.90 Å². The number of benzene rings is 3. The Hall–Kier alpha value is -4.14. The average Bonchev–Trinajstić information content (AvgIpc) is 3.33. The number of carbonyl (C=O) groups is 3. The molecule has 0 radical (unpaired) electrons. The standard InChI is InChI=1S/C38H39N3O4S/c1-25-16-17-26(2)30(22-25)40-21-11-19-38-32(31-34(43)39(28-14-8-5-9-15-28)20-10-18-37(31,3)46-38)35(44)41(33(38)36(40)45)29(24-42)23-27-12-6-4-7-13-27/h4-19,22,29,31-33,42H,20-21,23-24H2,1-3H3/t29-,31+,32+,33?,37-,38+/m1/s1. The van der Waals surface area contributed by atoms with Gasteiger partial charge in [0.15, 0.2) is 0 Å². The summed E-state index contributed by atoms with van der Waals surface area (Å²) in [5.74, 6) is -2.07. The molecule has 7 nitrogen and oxygen atoms in total. The van der Waals surface area contributed by atoms with E-state index in [1.165, 1.54) is 0 Å². The highest BCUT2D eigenvalue weighted by atomic mass is 32.2. The van der Waals surface area contributed by atoms with Crippen LogP contribution in [0.1, 0.15) is 23.6 Å². The van der Waals surface area contributed by atoms with Crippen LogP contribution in [0, 0.1) is 25.7 Å². The van der Waals surface area contributed by atoms with Gasteiger partial charge >= 0.3 is 0 Å². The smallest absolute Gasteiger partial charge is 0.251 e. The molecular weight excluding hydrogens is 595 g/mol. The Kier molecular flexibility index (Phi) is 7.68. The predicted octanol–water partition coefficient (Wildman–Crippen LogP) is 5.10. The third kappa shape index (κ3) is 4.73. The van der Waals surface area contributed by atoms with Gasteiger partial charge in [-0.2, -0.15) is 0 Å². The summed E-state index contributed by atoms with van der Waals surface area (Å²) >= 11 is 1.56. The first kappa shape index (κ1) is 30.5. The molecule has 1 N–H and O–H groups in total. The highest BCUT2D eigenvalue weighted by molar-refractivity contribution is 8.02. The number of carbonyl (C=O) groups excluding carboxylic acids is 3. The number of nitrogens with zero attached hydrogens (tertiary/aromatic N) is 3. The van der Waals surface area contributed by atoms with Crippen LogP contribution in [0.25, 0.3) is 0 Å². The van der Waals surface area contributed by atoms with E-state index in [2.05, 4.69) is 6.08 Å². The van der Waals surface area contributed by atoms with Gasteiger partial charge in [-0.3, -0.25) is 14.4 Å². The lowest BCUT2D eigenvalue weighted by Gasteiger charge is -2.40. The molecule has 236 valence electrons. The molecule has 8 heteroatoms. The molecule has 3 amide bonds. The number of aliphatic hydroxyl groups excluding tert-OH is 1. The number of aliphatic hydroxyl groups is 1. The van der Waals surface area contributed by atoms with Crippen LogP contribution in [0.5, 0.6) is 0 Å². The van der Waals surface area contributed by atoms with Gasteiger partial charge in [-0.05, 0) is 62.1 Å². The molecule has 3 aromatic rings. The van der Waals surface area contributed by atoms with Crippen LogP contribution in [-0.4, -0.2) is 69.0 Å². The first-order valence-corrected chi connectivity index (χ1v) is 16.8. The number of aryl methyl sites for hydroxylation is 2. The SMILES string of the molecule is Cc1ccc(C)c(N2CC=C[C@]34S[C@]5(C)C=CCN(c6ccccc6)C(=O)[C@@H]5[C@H]3C(=O)N([C@@H](CO)Cc3ccccc3)C4C2=O)c1. The second kappa shape index (κ2) is 11.6. The summed E-state index contributed by atoms with van der Waals surface area (Å²) in [5.41, 5.74) is 4.54. The van der Waals surface area contributed by atoms with Gasteiger partial charge in [0.2, 0.25) is 11.8 Å². The Morgan fingerprint density at radius 1 is 0.826 bits per heavy atom. The molecule has 6 atom stereocenters. The van der Waals surface area contributed by atoms with Crippen molar-refractivity contribution in [2.75, 3.05) is 29.5 Å². The average molecular weight is 634 g/mol. The molecular formula is C38H39N3O4S. The normalized spacial score (nSPS) is 29.3. The summed E-state index contributed by atoms with van der Waals surface area (Å²) in [4.78, 5) is 50.0. The number of thioether (sulfide) groups is 1. The second-order valence-electron chi connectivity index (χ2n) is 13.1. The van der Waals surface area contributed by atoms with Crippen LogP contribution in [0.2, 0.25) is 0 Å². The molecule has 1 unspecified atom stereocenters. The molecule has 0 aromatic heterocycles. The van der Waals surface area contributed by atoms with Crippen LogP contribution >= 0.6 is 11.8 Å². The fourth-order valence-corrected chi connectivity index (χ4v) is 10.2. The van der Waals surface area contributed by atoms with Crippen molar-refractivity contribution in [1.29, 1.82) is 0 Å². The van der Waals surface area contributed by atoms with Crippen molar-refractivity contribution in [2.45, 2.75) is 48.8 Å². The number of hydrogen-bond donors (Lipinski definition) is 1. The summed E-state index contributed by atoms with van der Waals surface area (Å²) < 4.78 is -1.73. The Morgan fingerprint density at radius 3 is 2.22 bits per heavy atom. The van der Waals surface area contributed by atoms with Crippen molar-refractivity contribution in [2.24, 2.45) is 11.8 Å². The molecule has 46 heavy (non-hydrogen) atoms. The van der Waals surface area contributed by atoms with Crippen molar-refractivity contribution < 1.29 is 19.5 Å². The molecule has 3 aromatic carbocycles. The van der Waals surface area contributed by atoms with E-state index in [1.807, 2.05) is 118 Å². The molecule has 2 saturated heterocycles. The maximum atomic E-state index is 15.1. The zero-order valence-corrected chi connectivity index (χ0v) is 27.2. The third-order valence-electron chi connectivity index (χ3n) is 10.1. The number of amides is 3. The lowest BCUT2D eigenvalue weighted by atomic mass is 9.74. The lowest BCUT2D eigenvalue weighted by molar-refractivity contribution is -0.142. The number of para-hydroxylation sites is 1. The lowest BCUT2D eigenvalue weighted by Crippen LogP contribution is -2.57. The van der Waals surface area contributed by atoms with E-state index in [4.69, 9.17) is 0 Å². The van der Waals surface area contributed by atoms with E-state index in [9.17, 15) is 9.90 Å². The number of anilines is 2. The molecule has 0 saturated carbocycles. The Balaban J connectivity index is 1.38. The van der Waals surface area contributed by atoms with Crippen LogP contribution in [0.3, 0.4) is 0 Å². The molecule has 1 spiro atoms.